The molecule has 3 N–H and O–H groups in total. The molecule has 5 heteroatoms. The highest BCUT2D eigenvalue weighted by molar-refractivity contribution is 6.33. The number of pyridine rings is 1. The van der Waals surface area contributed by atoms with E-state index >= 15 is 0 Å². The Bertz CT molecular complexity index is 445. The van der Waals surface area contributed by atoms with Crippen LogP contribution in [0.5, 0.6) is 0 Å². The first kappa shape index (κ1) is 11.2. The van der Waals surface area contributed by atoms with Gasteiger partial charge in [0.1, 0.15) is 5.82 Å². The number of anilines is 1. The van der Waals surface area contributed by atoms with Crippen LogP contribution in [-0.2, 0) is 0 Å². The summed E-state index contributed by atoms with van der Waals surface area (Å²) in [7, 11) is 0. The SMILES string of the molecule is CC1(C)CC1NC(=O)c1cc(N)ncc1Cl. The molecule has 0 spiro atoms. The van der Waals surface area contributed by atoms with E-state index in [-0.39, 0.29) is 17.4 Å². The average Bonchev–Trinajstić information content (AvgIpc) is 2.77. The minimum Gasteiger partial charge on any atom is -0.384 e. The van der Waals surface area contributed by atoms with Gasteiger partial charge in [-0.05, 0) is 17.9 Å². The molecule has 86 valence electrons. The highest BCUT2D eigenvalue weighted by Crippen LogP contribution is 2.44. The van der Waals surface area contributed by atoms with E-state index in [1.165, 1.54) is 12.3 Å². The molecule has 1 atom stereocenters. The molecule has 1 aliphatic rings. The van der Waals surface area contributed by atoms with Gasteiger partial charge in [-0.15, -0.1) is 0 Å². The molecule has 1 saturated carbocycles. The fraction of sp³-hybridized carbons (Fsp3) is 0.455. The Balaban J connectivity index is 2.12. The number of nitrogens with one attached hydrogen (secondary N) is 1. The molecule has 0 aromatic carbocycles. The number of hydrogen-bond acceptors (Lipinski definition) is 3. The van der Waals surface area contributed by atoms with Crippen LogP contribution in [0.25, 0.3) is 0 Å². The van der Waals surface area contributed by atoms with Crippen LogP contribution in [0.1, 0.15) is 30.6 Å². The Hall–Kier alpha value is -1.29. The summed E-state index contributed by atoms with van der Waals surface area (Å²) in [5.74, 6) is 0.110. The lowest BCUT2D eigenvalue weighted by atomic mass is 10.2. The van der Waals surface area contributed by atoms with Crippen molar-refractivity contribution in [1.29, 1.82) is 0 Å². The highest BCUT2D eigenvalue weighted by atomic mass is 35.5. The van der Waals surface area contributed by atoms with Crippen molar-refractivity contribution in [1.82, 2.24) is 10.3 Å². The van der Waals surface area contributed by atoms with Gasteiger partial charge in [0.05, 0.1) is 10.6 Å². The van der Waals surface area contributed by atoms with Gasteiger partial charge >= 0.3 is 0 Å². The maximum Gasteiger partial charge on any atom is 0.253 e. The van der Waals surface area contributed by atoms with Gasteiger partial charge in [-0.3, -0.25) is 4.79 Å². The average molecular weight is 240 g/mol. The third kappa shape index (κ3) is 2.11. The van der Waals surface area contributed by atoms with E-state index in [9.17, 15) is 4.79 Å². The summed E-state index contributed by atoms with van der Waals surface area (Å²) in [5, 5.41) is 3.25. The van der Waals surface area contributed by atoms with Gasteiger partial charge in [0.15, 0.2) is 0 Å². The molecule has 1 aliphatic carbocycles. The molecular formula is C11H14ClN3O. The maximum absolute atomic E-state index is 11.9. The fourth-order valence-electron chi connectivity index (χ4n) is 1.58. The number of halogens is 1. The van der Waals surface area contributed by atoms with Crippen LogP contribution in [0.3, 0.4) is 0 Å². The summed E-state index contributed by atoms with van der Waals surface area (Å²) in [6.07, 6.45) is 2.39. The zero-order valence-electron chi connectivity index (χ0n) is 9.25. The summed E-state index contributed by atoms with van der Waals surface area (Å²) in [6.45, 7) is 4.22. The van der Waals surface area contributed by atoms with Crippen LogP contribution >= 0.6 is 11.6 Å². The van der Waals surface area contributed by atoms with Gasteiger partial charge in [0.25, 0.3) is 5.91 Å². The first-order chi connectivity index (χ1) is 7.40. The van der Waals surface area contributed by atoms with Gasteiger partial charge in [-0.1, -0.05) is 25.4 Å². The third-order valence-corrected chi connectivity index (χ3v) is 3.24. The van der Waals surface area contributed by atoms with Gasteiger partial charge < -0.3 is 11.1 Å². The van der Waals surface area contributed by atoms with Crippen molar-refractivity contribution in [3.05, 3.63) is 22.8 Å². The van der Waals surface area contributed by atoms with Crippen molar-refractivity contribution in [3.8, 4) is 0 Å². The molecule has 1 aromatic rings. The van der Waals surface area contributed by atoms with E-state index in [1.807, 2.05) is 0 Å². The topological polar surface area (TPSA) is 68.0 Å². The maximum atomic E-state index is 11.9. The third-order valence-electron chi connectivity index (χ3n) is 2.94. The second-order valence-electron chi connectivity index (χ2n) is 4.81. The monoisotopic (exact) mass is 239 g/mol. The lowest BCUT2D eigenvalue weighted by Crippen LogP contribution is -2.28. The molecule has 1 aromatic heterocycles. The molecule has 1 unspecified atom stereocenters. The molecule has 4 nitrogen and oxygen atoms in total. The Kier molecular flexibility index (Phi) is 2.54. The van der Waals surface area contributed by atoms with Gasteiger partial charge in [-0.25, -0.2) is 4.98 Å². The highest BCUT2D eigenvalue weighted by Gasteiger charge is 2.46. The number of rotatable bonds is 2. The van der Waals surface area contributed by atoms with Crippen LogP contribution in [0.2, 0.25) is 5.02 Å². The lowest BCUT2D eigenvalue weighted by molar-refractivity contribution is 0.0946. The van der Waals surface area contributed by atoms with E-state index in [2.05, 4.69) is 24.1 Å². The van der Waals surface area contributed by atoms with E-state index in [0.29, 0.717) is 16.4 Å². The van der Waals surface area contributed by atoms with E-state index in [4.69, 9.17) is 17.3 Å². The quantitative estimate of drug-likeness (QED) is 0.828. The molecule has 0 saturated heterocycles. The number of carbonyl (C=O) groups excluding carboxylic acids is 1. The molecule has 1 fully saturated rings. The van der Waals surface area contributed by atoms with Crippen molar-refractivity contribution in [2.45, 2.75) is 26.3 Å². The van der Waals surface area contributed by atoms with Crippen molar-refractivity contribution in [3.63, 3.8) is 0 Å². The van der Waals surface area contributed by atoms with Crippen LogP contribution in [-0.4, -0.2) is 16.9 Å². The molecule has 16 heavy (non-hydrogen) atoms. The zero-order chi connectivity index (χ0) is 11.9. The van der Waals surface area contributed by atoms with Gasteiger partial charge in [0.2, 0.25) is 0 Å². The molecule has 2 rings (SSSR count). The van der Waals surface area contributed by atoms with E-state index in [1.54, 1.807) is 0 Å². The Morgan fingerprint density at radius 1 is 1.69 bits per heavy atom. The number of nitrogens with zero attached hydrogens (tertiary/aromatic N) is 1. The molecule has 0 bridgehead atoms. The predicted molar refractivity (Wildman–Crippen MR) is 63.3 cm³/mol. The second-order valence-corrected chi connectivity index (χ2v) is 5.21. The fourth-order valence-corrected chi connectivity index (χ4v) is 1.77. The van der Waals surface area contributed by atoms with Crippen molar-refractivity contribution >= 4 is 23.3 Å². The summed E-state index contributed by atoms with van der Waals surface area (Å²) < 4.78 is 0. The predicted octanol–water partition coefficient (Wildman–Crippen LogP) is 1.85. The largest absolute Gasteiger partial charge is 0.384 e. The lowest BCUT2D eigenvalue weighted by Gasteiger charge is -2.08. The first-order valence-electron chi connectivity index (χ1n) is 5.12. The van der Waals surface area contributed by atoms with Crippen molar-refractivity contribution in [2.75, 3.05) is 5.73 Å². The minimum atomic E-state index is -0.185. The molecule has 0 radical (unpaired) electrons. The van der Waals surface area contributed by atoms with Crippen LogP contribution in [0, 0.1) is 5.41 Å². The Labute approximate surface area is 99.2 Å². The summed E-state index contributed by atoms with van der Waals surface area (Å²) in [5.41, 5.74) is 6.10. The number of aromatic nitrogens is 1. The first-order valence-corrected chi connectivity index (χ1v) is 5.50. The van der Waals surface area contributed by atoms with Crippen molar-refractivity contribution in [2.24, 2.45) is 5.41 Å². The molecular weight excluding hydrogens is 226 g/mol. The number of nitrogen functional groups attached to an aromatic ring is 1. The summed E-state index contributed by atoms with van der Waals surface area (Å²) in [6, 6.07) is 1.72. The van der Waals surface area contributed by atoms with E-state index < -0.39 is 0 Å². The summed E-state index contributed by atoms with van der Waals surface area (Å²) in [4.78, 5) is 15.7. The van der Waals surface area contributed by atoms with Crippen LogP contribution < -0.4 is 11.1 Å². The minimum absolute atomic E-state index is 0.185. The second kappa shape index (κ2) is 3.63. The molecule has 0 aliphatic heterocycles. The number of hydrogen-bond donors (Lipinski definition) is 2. The molecule has 1 heterocycles. The van der Waals surface area contributed by atoms with Crippen molar-refractivity contribution < 1.29 is 4.79 Å². The van der Waals surface area contributed by atoms with Gasteiger partial charge in [-0.2, -0.15) is 0 Å². The Morgan fingerprint density at radius 2 is 2.31 bits per heavy atom. The van der Waals surface area contributed by atoms with E-state index in [0.717, 1.165) is 6.42 Å². The Morgan fingerprint density at radius 3 is 2.88 bits per heavy atom. The standard InChI is InChI=1S/C11H14ClN3O/c1-11(2)4-8(11)15-10(16)6-3-9(13)14-5-7(6)12/h3,5,8H,4H2,1-2H3,(H2,13,14)(H,15,16). The van der Waals surface area contributed by atoms with Crippen LogP contribution in [0.15, 0.2) is 12.3 Å². The smallest absolute Gasteiger partial charge is 0.253 e. The molecule has 1 amide bonds. The zero-order valence-corrected chi connectivity index (χ0v) is 10.0. The summed E-state index contributed by atoms with van der Waals surface area (Å²) >= 11 is 5.89. The number of nitrogens with two attached hydrogens (primary N) is 1. The number of amides is 1. The number of carbonyl (C=O) groups is 1. The van der Waals surface area contributed by atoms with Gasteiger partial charge in [0, 0.05) is 12.2 Å². The van der Waals surface area contributed by atoms with Crippen LogP contribution in [0.4, 0.5) is 5.82 Å². The normalized spacial score (nSPS) is 21.6.